The zero-order chi connectivity index (χ0) is 17.6. The van der Waals surface area contributed by atoms with Gasteiger partial charge in [-0.25, -0.2) is 4.98 Å². The Morgan fingerprint density at radius 2 is 1.84 bits per heavy atom. The number of nitrogens with zero attached hydrogens (tertiary/aromatic N) is 4. The molecule has 1 aromatic heterocycles. The van der Waals surface area contributed by atoms with Gasteiger partial charge in [-0.15, -0.1) is 0 Å². The van der Waals surface area contributed by atoms with E-state index >= 15 is 0 Å². The summed E-state index contributed by atoms with van der Waals surface area (Å²) in [7, 11) is 2.13. The van der Waals surface area contributed by atoms with E-state index in [1.165, 1.54) is 25.7 Å². The standard InChI is InChI=1S/C21H30N4/c1-4-5-13-24(3)20-16-19(18-9-7-6-8-10-18)22-21(23-20)25-14-11-17(2)12-15-25/h6-10,16-17H,4-5,11-15H2,1-3H3. The Bertz CT molecular complexity index is 663. The molecule has 0 amide bonds. The van der Waals surface area contributed by atoms with Gasteiger partial charge in [0.1, 0.15) is 5.82 Å². The molecule has 0 N–H and O–H groups in total. The Balaban J connectivity index is 1.93. The van der Waals surface area contributed by atoms with Crippen LogP contribution in [-0.2, 0) is 0 Å². The van der Waals surface area contributed by atoms with E-state index in [1.807, 2.05) is 6.07 Å². The molecule has 0 spiro atoms. The molecule has 0 bridgehead atoms. The van der Waals surface area contributed by atoms with Gasteiger partial charge in [-0.3, -0.25) is 0 Å². The second-order valence-electron chi connectivity index (χ2n) is 7.22. The lowest BCUT2D eigenvalue weighted by atomic mass is 10.00. The summed E-state index contributed by atoms with van der Waals surface area (Å²) in [5.74, 6) is 2.71. The van der Waals surface area contributed by atoms with Crippen molar-refractivity contribution in [3.05, 3.63) is 36.4 Å². The molecule has 1 fully saturated rings. The van der Waals surface area contributed by atoms with Gasteiger partial charge in [0.05, 0.1) is 5.69 Å². The Morgan fingerprint density at radius 3 is 2.52 bits per heavy atom. The first kappa shape index (κ1) is 17.7. The quantitative estimate of drug-likeness (QED) is 0.769. The first-order valence-corrected chi connectivity index (χ1v) is 9.58. The molecular weight excluding hydrogens is 308 g/mol. The Kier molecular flexibility index (Phi) is 5.90. The molecule has 2 heterocycles. The SMILES string of the molecule is CCCCN(C)c1cc(-c2ccccc2)nc(N2CCC(C)CC2)n1. The first-order valence-electron chi connectivity index (χ1n) is 9.58. The van der Waals surface area contributed by atoms with Crippen molar-refractivity contribution in [1.29, 1.82) is 0 Å². The zero-order valence-electron chi connectivity index (χ0n) is 15.8. The third kappa shape index (κ3) is 4.50. The van der Waals surface area contributed by atoms with Crippen LogP contribution in [0.1, 0.15) is 39.5 Å². The lowest BCUT2D eigenvalue weighted by molar-refractivity contribution is 0.434. The number of hydrogen-bond acceptors (Lipinski definition) is 4. The van der Waals surface area contributed by atoms with Gasteiger partial charge < -0.3 is 9.80 Å². The van der Waals surface area contributed by atoms with Crippen molar-refractivity contribution >= 4 is 11.8 Å². The van der Waals surface area contributed by atoms with Gasteiger partial charge in [0.25, 0.3) is 0 Å². The second-order valence-corrected chi connectivity index (χ2v) is 7.22. The smallest absolute Gasteiger partial charge is 0.227 e. The van der Waals surface area contributed by atoms with E-state index < -0.39 is 0 Å². The number of aromatic nitrogens is 2. The lowest BCUT2D eigenvalue weighted by Crippen LogP contribution is -2.34. The minimum atomic E-state index is 0.806. The van der Waals surface area contributed by atoms with Crippen LogP contribution in [0.2, 0.25) is 0 Å². The Labute approximate surface area is 151 Å². The molecule has 1 aliphatic rings. The molecule has 3 rings (SSSR count). The predicted octanol–water partition coefficient (Wildman–Crippen LogP) is 4.62. The summed E-state index contributed by atoms with van der Waals surface area (Å²) >= 11 is 0. The highest BCUT2D eigenvalue weighted by atomic mass is 15.3. The molecule has 0 radical (unpaired) electrons. The monoisotopic (exact) mass is 338 g/mol. The zero-order valence-corrected chi connectivity index (χ0v) is 15.8. The number of unbranched alkanes of at least 4 members (excludes halogenated alkanes) is 1. The average molecular weight is 338 g/mol. The largest absolute Gasteiger partial charge is 0.359 e. The fourth-order valence-corrected chi connectivity index (χ4v) is 3.23. The van der Waals surface area contributed by atoms with Crippen LogP contribution in [0.15, 0.2) is 36.4 Å². The van der Waals surface area contributed by atoms with Crippen LogP contribution in [0.4, 0.5) is 11.8 Å². The molecule has 0 saturated carbocycles. The minimum absolute atomic E-state index is 0.806. The van der Waals surface area contributed by atoms with Crippen LogP contribution in [0.5, 0.6) is 0 Å². The van der Waals surface area contributed by atoms with Crippen LogP contribution in [0.25, 0.3) is 11.3 Å². The van der Waals surface area contributed by atoms with Crippen LogP contribution < -0.4 is 9.80 Å². The Morgan fingerprint density at radius 1 is 1.12 bits per heavy atom. The molecule has 25 heavy (non-hydrogen) atoms. The third-order valence-corrected chi connectivity index (χ3v) is 5.08. The van der Waals surface area contributed by atoms with Crippen molar-refractivity contribution in [2.75, 3.05) is 36.5 Å². The van der Waals surface area contributed by atoms with Gasteiger partial charge in [0, 0.05) is 38.3 Å². The number of benzene rings is 1. The molecule has 1 aliphatic heterocycles. The van der Waals surface area contributed by atoms with Crippen LogP contribution in [0, 0.1) is 5.92 Å². The maximum absolute atomic E-state index is 4.90. The average Bonchev–Trinajstić information content (AvgIpc) is 2.67. The molecule has 2 aromatic rings. The maximum atomic E-state index is 4.90. The molecule has 1 aromatic carbocycles. The van der Waals surface area contributed by atoms with E-state index in [9.17, 15) is 0 Å². The molecule has 134 valence electrons. The predicted molar refractivity (Wildman–Crippen MR) is 106 cm³/mol. The fraction of sp³-hybridized carbons (Fsp3) is 0.524. The Hall–Kier alpha value is -2.10. The summed E-state index contributed by atoms with van der Waals surface area (Å²) < 4.78 is 0. The summed E-state index contributed by atoms with van der Waals surface area (Å²) in [6, 6.07) is 12.6. The topological polar surface area (TPSA) is 32.3 Å². The lowest BCUT2D eigenvalue weighted by Gasteiger charge is -2.31. The summed E-state index contributed by atoms with van der Waals surface area (Å²) in [5.41, 5.74) is 2.17. The van der Waals surface area contributed by atoms with Gasteiger partial charge in [-0.05, 0) is 25.2 Å². The van der Waals surface area contributed by atoms with E-state index in [0.717, 1.165) is 48.6 Å². The van der Waals surface area contributed by atoms with E-state index in [0.29, 0.717) is 0 Å². The van der Waals surface area contributed by atoms with Gasteiger partial charge >= 0.3 is 0 Å². The van der Waals surface area contributed by atoms with Crippen molar-refractivity contribution in [1.82, 2.24) is 9.97 Å². The molecule has 4 nitrogen and oxygen atoms in total. The minimum Gasteiger partial charge on any atom is -0.359 e. The molecule has 0 unspecified atom stereocenters. The van der Waals surface area contributed by atoms with Crippen molar-refractivity contribution < 1.29 is 0 Å². The second kappa shape index (κ2) is 8.32. The van der Waals surface area contributed by atoms with E-state index in [4.69, 9.17) is 9.97 Å². The number of anilines is 2. The van der Waals surface area contributed by atoms with Crippen LogP contribution >= 0.6 is 0 Å². The summed E-state index contributed by atoms with van der Waals surface area (Å²) in [6.45, 7) is 7.69. The molecule has 1 saturated heterocycles. The fourth-order valence-electron chi connectivity index (χ4n) is 3.23. The van der Waals surface area contributed by atoms with Gasteiger partial charge in [0.15, 0.2) is 0 Å². The van der Waals surface area contributed by atoms with Crippen molar-refractivity contribution in [2.24, 2.45) is 5.92 Å². The van der Waals surface area contributed by atoms with Gasteiger partial charge in [0.2, 0.25) is 5.95 Å². The van der Waals surface area contributed by atoms with Crippen molar-refractivity contribution in [2.45, 2.75) is 39.5 Å². The summed E-state index contributed by atoms with van der Waals surface area (Å²) in [6.07, 6.45) is 4.81. The van der Waals surface area contributed by atoms with Crippen LogP contribution in [0.3, 0.4) is 0 Å². The van der Waals surface area contributed by atoms with E-state index in [-0.39, 0.29) is 0 Å². The third-order valence-electron chi connectivity index (χ3n) is 5.08. The van der Waals surface area contributed by atoms with Gasteiger partial charge in [-0.1, -0.05) is 50.6 Å². The highest BCUT2D eigenvalue weighted by Gasteiger charge is 2.20. The van der Waals surface area contributed by atoms with Crippen molar-refractivity contribution in [3.8, 4) is 11.3 Å². The summed E-state index contributed by atoms with van der Waals surface area (Å²) in [5, 5.41) is 0. The molecule has 4 heteroatoms. The highest BCUT2D eigenvalue weighted by molar-refractivity contribution is 5.65. The number of piperidine rings is 1. The van der Waals surface area contributed by atoms with Crippen molar-refractivity contribution in [3.63, 3.8) is 0 Å². The molecular formula is C21H30N4. The van der Waals surface area contributed by atoms with E-state index in [2.05, 4.69) is 61.0 Å². The first-order chi connectivity index (χ1) is 12.2. The maximum Gasteiger partial charge on any atom is 0.227 e. The number of rotatable bonds is 6. The number of hydrogen-bond donors (Lipinski definition) is 0. The van der Waals surface area contributed by atoms with Gasteiger partial charge in [-0.2, -0.15) is 4.98 Å². The highest BCUT2D eigenvalue weighted by Crippen LogP contribution is 2.27. The molecule has 0 atom stereocenters. The summed E-state index contributed by atoms with van der Waals surface area (Å²) in [4.78, 5) is 14.4. The van der Waals surface area contributed by atoms with Crippen LogP contribution in [-0.4, -0.2) is 36.6 Å². The molecule has 0 aliphatic carbocycles. The normalized spacial score (nSPS) is 15.4. The van der Waals surface area contributed by atoms with E-state index in [1.54, 1.807) is 0 Å².